The standard InChI is InChI=1S/C23H20N4O3.ClH/c1-24-14-15-7-9-17(10-8-15)25-22(16-5-3-2-4-6-16)21-19-13-18(27(29)30)11-12-20(19)26-23(21)28;/h2-13,24-25H,14H2,1H3,(H,26,28);1H/b22-21-;. The van der Waals surface area contributed by atoms with E-state index >= 15 is 0 Å². The normalized spacial score (nSPS) is 13.6. The summed E-state index contributed by atoms with van der Waals surface area (Å²) >= 11 is 0. The maximum atomic E-state index is 12.9. The van der Waals surface area contributed by atoms with E-state index in [1.807, 2.05) is 61.6 Å². The van der Waals surface area contributed by atoms with Gasteiger partial charge in [0.2, 0.25) is 0 Å². The topological polar surface area (TPSA) is 96.3 Å². The third-order valence-electron chi connectivity index (χ3n) is 4.88. The molecule has 0 aliphatic carbocycles. The van der Waals surface area contributed by atoms with Gasteiger partial charge in [-0.3, -0.25) is 14.9 Å². The Hall–Kier alpha value is -3.68. The number of nitro groups is 1. The second kappa shape index (κ2) is 9.42. The summed E-state index contributed by atoms with van der Waals surface area (Å²) in [7, 11) is 1.89. The van der Waals surface area contributed by atoms with Gasteiger partial charge in [-0.25, -0.2) is 0 Å². The quantitative estimate of drug-likeness (QED) is 0.296. The van der Waals surface area contributed by atoms with E-state index in [1.165, 1.54) is 12.1 Å². The first-order valence-electron chi connectivity index (χ1n) is 9.47. The number of nitrogens with one attached hydrogen (secondary N) is 3. The van der Waals surface area contributed by atoms with Crippen LogP contribution in [0.1, 0.15) is 16.7 Å². The number of hydrogen-bond acceptors (Lipinski definition) is 5. The molecule has 1 aliphatic rings. The molecule has 4 rings (SSSR count). The van der Waals surface area contributed by atoms with Crippen LogP contribution in [0.4, 0.5) is 17.1 Å². The van der Waals surface area contributed by atoms with Gasteiger partial charge in [0.25, 0.3) is 11.6 Å². The summed E-state index contributed by atoms with van der Waals surface area (Å²) in [4.78, 5) is 23.7. The number of anilines is 2. The maximum absolute atomic E-state index is 12.9. The predicted octanol–water partition coefficient (Wildman–Crippen LogP) is 4.67. The van der Waals surface area contributed by atoms with Gasteiger partial charge in [0.1, 0.15) is 0 Å². The molecule has 0 bridgehead atoms. The van der Waals surface area contributed by atoms with Crippen LogP contribution < -0.4 is 16.0 Å². The third kappa shape index (κ3) is 4.58. The Bertz CT molecular complexity index is 1150. The minimum absolute atomic E-state index is 0. The molecule has 1 heterocycles. The highest BCUT2D eigenvalue weighted by Gasteiger charge is 2.30. The number of rotatable bonds is 6. The van der Waals surface area contributed by atoms with Crippen LogP contribution in [0.2, 0.25) is 0 Å². The van der Waals surface area contributed by atoms with Crippen molar-refractivity contribution in [3.63, 3.8) is 0 Å². The van der Waals surface area contributed by atoms with Crippen LogP contribution in [-0.2, 0) is 11.3 Å². The number of carbonyl (C=O) groups is 1. The summed E-state index contributed by atoms with van der Waals surface area (Å²) in [5, 5.41) is 20.5. The zero-order valence-electron chi connectivity index (χ0n) is 16.7. The van der Waals surface area contributed by atoms with Gasteiger partial charge in [-0.15, -0.1) is 12.4 Å². The van der Waals surface area contributed by atoms with E-state index in [0.717, 1.165) is 23.4 Å². The molecule has 0 atom stereocenters. The lowest BCUT2D eigenvalue weighted by molar-refractivity contribution is -0.384. The Kier molecular flexibility index (Phi) is 6.69. The molecule has 7 nitrogen and oxygen atoms in total. The van der Waals surface area contributed by atoms with Gasteiger partial charge < -0.3 is 16.0 Å². The molecule has 0 saturated heterocycles. The van der Waals surface area contributed by atoms with E-state index in [4.69, 9.17) is 0 Å². The molecular weight excluding hydrogens is 416 g/mol. The van der Waals surface area contributed by atoms with Gasteiger partial charge in [-0.05, 0) is 36.4 Å². The number of amides is 1. The third-order valence-corrected chi connectivity index (χ3v) is 4.88. The second-order valence-electron chi connectivity index (χ2n) is 6.91. The SMILES string of the molecule is CNCc1ccc(N/C(=C2\C(=O)Nc3ccc([N+](=O)[O-])cc32)c2ccccc2)cc1.Cl. The van der Waals surface area contributed by atoms with Crippen molar-refractivity contribution in [2.24, 2.45) is 0 Å². The van der Waals surface area contributed by atoms with Gasteiger partial charge in [-0.1, -0.05) is 42.5 Å². The van der Waals surface area contributed by atoms with Crippen molar-refractivity contribution < 1.29 is 9.72 Å². The zero-order valence-corrected chi connectivity index (χ0v) is 17.5. The summed E-state index contributed by atoms with van der Waals surface area (Å²) in [6, 6.07) is 21.7. The number of halogens is 1. The number of fused-ring (bicyclic) bond motifs is 1. The molecule has 3 aromatic carbocycles. The second-order valence-corrected chi connectivity index (χ2v) is 6.91. The first kappa shape index (κ1) is 22.0. The molecule has 1 aliphatic heterocycles. The Morgan fingerprint density at radius 1 is 1.03 bits per heavy atom. The largest absolute Gasteiger partial charge is 0.354 e. The summed E-state index contributed by atoms with van der Waals surface area (Å²) in [5.41, 5.74) is 4.72. The number of nitrogens with zero attached hydrogens (tertiary/aromatic N) is 1. The number of hydrogen-bond donors (Lipinski definition) is 3. The van der Waals surface area contributed by atoms with Crippen LogP contribution in [0.3, 0.4) is 0 Å². The van der Waals surface area contributed by atoms with Crippen molar-refractivity contribution in [2.45, 2.75) is 6.54 Å². The van der Waals surface area contributed by atoms with Gasteiger partial charge >= 0.3 is 0 Å². The molecule has 0 aromatic heterocycles. The van der Waals surface area contributed by atoms with Crippen molar-refractivity contribution in [3.8, 4) is 0 Å². The molecule has 0 radical (unpaired) electrons. The highest BCUT2D eigenvalue weighted by Crippen LogP contribution is 2.39. The molecule has 1 amide bonds. The minimum atomic E-state index is -0.462. The lowest BCUT2D eigenvalue weighted by atomic mass is 9.99. The van der Waals surface area contributed by atoms with Gasteiger partial charge in [0.05, 0.1) is 16.2 Å². The average molecular weight is 437 g/mol. The highest BCUT2D eigenvalue weighted by molar-refractivity contribution is 6.37. The van der Waals surface area contributed by atoms with Crippen molar-refractivity contribution in [1.82, 2.24) is 5.32 Å². The monoisotopic (exact) mass is 436 g/mol. The molecule has 3 N–H and O–H groups in total. The first-order chi connectivity index (χ1) is 14.6. The predicted molar refractivity (Wildman–Crippen MR) is 125 cm³/mol. The molecule has 8 heteroatoms. The summed E-state index contributed by atoms with van der Waals surface area (Å²) in [6.45, 7) is 0.756. The molecule has 0 fully saturated rings. The number of nitro benzene ring substituents is 1. The van der Waals surface area contributed by atoms with E-state index in [1.54, 1.807) is 6.07 Å². The van der Waals surface area contributed by atoms with Crippen LogP contribution in [0, 0.1) is 10.1 Å². The molecular formula is C23H21ClN4O3. The summed E-state index contributed by atoms with van der Waals surface area (Å²) in [6.07, 6.45) is 0. The van der Waals surface area contributed by atoms with E-state index in [-0.39, 0.29) is 24.0 Å². The Labute approximate surface area is 185 Å². The number of benzene rings is 3. The fraction of sp³-hybridized carbons (Fsp3) is 0.0870. The average Bonchev–Trinajstić information content (AvgIpc) is 3.09. The van der Waals surface area contributed by atoms with Crippen molar-refractivity contribution >= 4 is 46.6 Å². The van der Waals surface area contributed by atoms with Crippen molar-refractivity contribution in [3.05, 3.63) is 99.6 Å². The molecule has 0 unspecified atom stereocenters. The molecule has 0 saturated carbocycles. The van der Waals surface area contributed by atoms with Crippen LogP contribution >= 0.6 is 12.4 Å². The van der Waals surface area contributed by atoms with Gasteiger partial charge in [0.15, 0.2) is 0 Å². The lowest BCUT2D eigenvalue weighted by Crippen LogP contribution is -2.10. The Morgan fingerprint density at radius 3 is 2.39 bits per heavy atom. The minimum Gasteiger partial charge on any atom is -0.354 e. The fourth-order valence-electron chi connectivity index (χ4n) is 3.46. The van der Waals surface area contributed by atoms with E-state index in [0.29, 0.717) is 22.5 Å². The Morgan fingerprint density at radius 2 is 1.74 bits per heavy atom. The van der Waals surface area contributed by atoms with E-state index in [2.05, 4.69) is 16.0 Å². The zero-order chi connectivity index (χ0) is 21.1. The van der Waals surface area contributed by atoms with Crippen LogP contribution in [-0.4, -0.2) is 17.9 Å². The van der Waals surface area contributed by atoms with Crippen molar-refractivity contribution in [2.75, 3.05) is 17.7 Å². The van der Waals surface area contributed by atoms with Gasteiger partial charge in [-0.2, -0.15) is 0 Å². The Balaban J connectivity index is 0.00000272. The summed E-state index contributed by atoms with van der Waals surface area (Å²) in [5.74, 6) is -0.302. The van der Waals surface area contributed by atoms with Crippen LogP contribution in [0.5, 0.6) is 0 Å². The first-order valence-corrected chi connectivity index (χ1v) is 9.47. The summed E-state index contributed by atoms with van der Waals surface area (Å²) < 4.78 is 0. The number of non-ortho nitro benzene ring substituents is 1. The molecule has 0 spiro atoms. The maximum Gasteiger partial charge on any atom is 0.270 e. The number of carbonyl (C=O) groups excluding carboxylic acids is 1. The lowest BCUT2D eigenvalue weighted by Gasteiger charge is -2.15. The fourth-order valence-corrected chi connectivity index (χ4v) is 3.46. The van der Waals surface area contributed by atoms with Crippen LogP contribution in [0.15, 0.2) is 72.8 Å². The van der Waals surface area contributed by atoms with Gasteiger partial charge in [0, 0.05) is 35.6 Å². The van der Waals surface area contributed by atoms with Crippen molar-refractivity contribution in [1.29, 1.82) is 0 Å². The molecule has 31 heavy (non-hydrogen) atoms. The van der Waals surface area contributed by atoms with E-state index < -0.39 is 4.92 Å². The van der Waals surface area contributed by atoms with E-state index in [9.17, 15) is 14.9 Å². The highest BCUT2D eigenvalue weighted by atomic mass is 35.5. The molecule has 3 aromatic rings. The van der Waals surface area contributed by atoms with Crippen LogP contribution in [0.25, 0.3) is 11.3 Å². The molecule has 158 valence electrons. The smallest absolute Gasteiger partial charge is 0.270 e.